The number of nitrogens with two attached hydrogens (primary N) is 1. The molecule has 0 fully saturated rings. The molecular weight excluding hydrogens is 470 g/mol. The summed E-state index contributed by atoms with van der Waals surface area (Å²) in [7, 11) is -2.14. The van der Waals surface area contributed by atoms with Crippen LogP contribution >= 0.6 is 23.1 Å². The Kier molecular flexibility index (Phi) is 7.78. The van der Waals surface area contributed by atoms with Gasteiger partial charge in [-0.3, -0.25) is 13.9 Å². The van der Waals surface area contributed by atoms with E-state index in [9.17, 15) is 18.0 Å². The van der Waals surface area contributed by atoms with Gasteiger partial charge in [0.1, 0.15) is 9.96 Å². The van der Waals surface area contributed by atoms with Crippen molar-refractivity contribution in [3.63, 3.8) is 0 Å². The molecule has 0 unspecified atom stereocenters. The standard InChI is InChI=1S/C21H21N3O5S3/c1-24(32(27,28)21-7-4-12-30-21)15-8-10-16(11-9-15)29-13-20(26)23-17-5-2-3-6-18(17)31-14-19(22)25/h2-12H,13-14H2,1H3,(H2,22,25)(H,23,26). The second-order valence-corrected chi connectivity index (χ2v) is 10.6. The first kappa shape index (κ1) is 23.6. The summed E-state index contributed by atoms with van der Waals surface area (Å²) in [6, 6.07) is 16.7. The molecule has 3 N–H and O–H groups in total. The predicted octanol–water partition coefficient (Wildman–Crippen LogP) is 3.17. The Labute approximate surface area is 194 Å². The fourth-order valence-corrected chi connectivity index (χ4v) is 5.72. The molecule has 168 valence electrons. The van der Waals surface area contributed by atoms with Crippen molar-refractivity contribution in [1.82, 2.24) is 0 Å². The second kappa shape index (κ2) is 10.5. The van der Waals surface area contributed by atoms with Crippen LogP contribution in [0.3, 0.4) is 0 Å². The summed E-state index contributed by atoms with van der Waals surface area (Å²) in [5, 5.41) is 4.45. The van der Waals surface area contributed by atoms with Gasteiger partial charge in [0, 0.05) is 11.9 Å². The van der Waals surface area contributed by atoms with E-state index < -0.39 is 15.9 Å². The smallest absolute Gasteiger partial charge is 0.273 e. The Morgan fingerprint density at radius 2 is 1.81 bits per heavy atom. The lowest BCUT2D eigenvalue weighted by atomic mass is 10.3. The van der Waals surface area contributed by atoms with E-state index in [4.69, 9.17) is 10.5 Å². The lowest BCUT2D eigenvalue weighted by Crippen LogP contribution is -2.25. The molecule has 0 aliphatic rings. The van der Waals surface area contributed by atoms with E-state index in [1.54, 1.807) is 66.0 Å². The van der Waals surface area contributed by atoms with Crippen LogP contribution in [0.1, 0.15) is 0 Å². The zero-order chi connectivity index (χ0) is 23.1. The van der Waals surface area contributed by atoms with Gasteiger partial charge in [0.15, 0.2) is 6.61 Å². The third-order valence-corrected chi connectivity index (χ3v) is 8.47. The molecule has 2 aromatic carbocycles. The van der Waals surface area contributed by atoms with Crippen LogP contribution in [0.25, 0.3) is 0 Å². The van der Waals surface area contributed by atoms with Gasteiger partial charge < -0.3 is 15.8 Å². The first-order chi connectivity index (χ1) is 15.3. The summed E-state index contributed by atoms with van der Waals surface area (Å²) in [5.74, 6) is -0.301. The van der Waals surface area contributed by atoms with Crippen molar-refractivity contribution in [2.75, 3.05) is 29.0 Å². The van der Waals surface area contributed by atoms with Gasteiger partial charge in [-0.2, -0.15) is 0 Å². The monoisotopic (exact) mass is 491 g/mol. The number of hydrogen-bond acceptors (Lipinski definition) is 7. The maximum absolute atomic E-state index is 12.6. The van der Waals surface area contributed by atoms with Crippen molar-refractivity contribution in [3.8, 4) is 5.75 Å². The molecule has 0 atom stereocenters. The van der Waals surface area contributed by atoms with Crippen molar-refractivity contribution in [2.24, 2.45) is 5.73 Å². The number of hydrogen-bond donors (Lipinski definition) is 2. The summed E-state index contributed by atoms with van der Waals surface area (Å²) in [5.41, 5.74) is 6.20. The molecule has 11 heteroatoms. The van der Waals surface area contributed by atoms with E-state index in [2.05, 4.69) is 5.32 Å². The van der Waals surface area contributed by atoms with Crippen LogP contribution in [-0.2, 0) is 19.6 Å². The fourth-order valence-electron chi connectivity index (χ4n) is 2.62. The number of carbonyl (C=O) groups is 2. The number of amides is 2. The molecule has 0 aliphatic carbocycles. The number of thioether (sulfide) groups is 1. The van der Waals surface area contributed by atoms with Crippen molar-refractivity contribution in [1.29, 1.82) is 0 Å². The topological polar surface area (TPSA) is 119 Å². The van der Waals surface area contributed by atoms with Gasteiger partial charge in [-0.1, -0.05) is 18.2 Å². The third-order valence-electron chi connectivity index (χ3n) is 4.21. The van der Waals surface area contributed by atoms with E-state index in [0.717, 1.165) is 16.2 Å². The number of carbonyl (C=O) groups excluding carboxylic acids is 2. The number of para-hydroxylation sites is 1. The van der Waals surface area contributed by atoms with Crippen LogP contribution in [-0.4, -0.2) is 39.6 Å². The molecule has 0 saturated carbocycles. The van der Waals surface area contributed by atoms with Crippen molar-refractivity contribution in [2.45, 2.75) is 9.10 Å². The normalized spacial score (nSPS) is 11.0. The van der Waals surface area contributed by atoms with Crippen molar-refractivity contribution < 1.29 is 22.7 Å². The molecule has 0 saturated heterocycles. The van der Waals surface area contributed by atoms with E-state index >= 15 is 0 Å². The highest BCUT2D eigenvalue weighted by Crippen LogP contribution is 2.28. The predicted molar refractivity (Wildman–Crippen MR) is 127 cm³/mol. The Morgan fingerprint density at radius 3 is 2.47 bits per heavy atom. The number of nitrogens with one attached hydrogen (secondary N) is 1. The van der Waals surface area contributed by atoms with Gasteiger partial charge in [-0.05, 0) is 47.8 Å². The summed E-state index contributed by atoms with van der Waals surface area (Å²) >= 11 is 2.38. The molecule has 2 amide bonds. The zero-order valence-electron chi connectivity index (χ0n) is 17.1. The number of rotatable bonds is 10. The Bertz CT molecular complexity index is 1180. The first-order valence-electron chi connectivity index (χ1n) is 9.32. The van der Waals surface area contributed by atoms with E-state index in [-0.39, 0.29) is 22.5 Å². The maximum atomic E-state index is 12.6. The number of primary amides is 1. The number of benzene rings is 2. The molecular formula is C21H21N3O5S3. The van der Waals surface area contributed by atoms with Crippen LogP contribution in [0, 0.1) is 0 Å². The third kappa shape index (κ3) is 6.02. The average molecular weight is 492 g/mol. The van der Waals surface area contributed by atoms with Gasteiger partial charge in [0.05, 0.1) is 17.1 Å². The van der Waals surface area contributed by atoms with Gasteiger partial charge in [0.25, 0.3) is 15.9 Å². The SMILES string of the molecule is CN(c1ccc(OCC(=O)Nc2ccccc2SCC(N)=O)cc1)S(=O)(=O)c1cccs1. The minimum Gasteiger partial charge on any atom is -0.484 e. The Balaban J connectivity index is 1.58. The quantitative estimate of drug-likeness (QED) is 0.421. The summed E-state index contributed by atoms with van der Waals surface area (Å²) < 4.78 is 32.2. The lowest BCUT2D eigenvalue weighted by Gasteiger charge is -2.18. The molecule has 0 radical (unpaired) electrons. The molecule has 3 aromatic rings. The molecule has 0 aliphatic heterocycles. The Morgan fingerprint density at radius 1 is 1.09 bits per heavy atom. The first-order valence-corrected chi connectivity index (χ1v) is 12.6. The highest BCUT2D eigenvalue weighted by Gasteiger charge is 2.22. The van der Waals surface area contributed by atoms with Gasteiger partial charge in [-0.25, -0.2) is 8.42 Å². The average Bonchev–Trinajstić information content (AvgIpc) is 3.33. The maximum Gasteiger partial charge on any atom is 0.273 e. The molecule has 1 heterocycles. The number of anilines is 2. The molecule has 0 spiro atoms. The number of thiophene rings is 1. The van der Waals surface area contributed by atoms with Gasteiger partial charge in [0.2, 0.25) is 5.91 Å². The van der Waals surface area contributed by atoms with Crippen LogP contribution in [0.15, 0.2) is 75.1 Å². The number of ether oxygens (including phenoxy) is 1. The van der Waals surface area contributed by atoms with Crippen LogP contribution < -0.4 is 20.1 Å². The number of sulfonamides is 1. The summed E-state index contributed by atoms with van der Waals surface area (Å²) in [4.78, 5) is 24.0. The number of nitrogens with zero attached hydrogens (tertiary/aromatic N) is 1. The Hall–Kier alpha value is -3.02. The molecule has 32 heavy (non-hydrogen) atoms. The lowest BCUT2D eigenvalue weighted by molar-refractivity contribution is -0.118. The fraction of sp³-hybridized carbons (Fsp3) is 0.143. The van der Waals surface area contributed by atoms with Crippen molar-refractivity contribution >= 4 is 56.3 Å². The van der Waals surface area contributed by atoms with E-state index in [1.165, 1.54) is 23.1 Å². The molecule has 8 nitrogen and oxygen atoms in total. The zero-order valence-corrected chi connectivity index (χ0v) is 19.5. The van der Waals surface area contributed by atoms with Gasteiger partial charge >= 0.3 is 0 Å². The van der Waals surface area contributed by atoms with E-state index in [1.807, 2.05) is 0 Å². The molecule has 1 aromatic heterocycles. The van der Waals surface area contributed by atoms with Gasteiger partial charge in [-0.15, -0.1) is 23.1 Å². The minimum absolute atomic E-state index is 0.104. The van der Waals surface area contributed by atoms with Crippen LogP contribution in [0.4, 0.5) is 11.4 Å². The van der Waals surface area contributed by atoms with Crippen LogP contribution in [0.2, 0.25) is 0 Å². The van der Waals surface area contributed by atoms with Crippen molar-refractivity contribution in [3.05, 3.63) is 66.0 Å². The second-order valence-electron chi connectivity index (χ2n) is 6.49. The highest BCUT2D eigenvalue weighted by atomic mass is 32.2. The summed E-state index contributed by atoms with van der Waals surface area (Å²) in [6.07, 6.45) is 0. The largest absolute Gasteiger partial charge is 0.484 e. The highest BCUT2D eigenvalue weighted by molar-refractivity contribution is 8.00. The minimum atomic E-state index is -3.62. The molecule has 3 rings (SSSR count). The summed E-state index contributed by atoms with van der Waals surface area (Å²) in [6.45, 7) is -0.239. The van der Waals surface area contributed by atoms with Crippen LogP contribution in [0.5, 0.6) is 5.75 Å². The van der Waals surface area contributed by atoms with E-state index in [0.29, 0.717) is 17.1 Å². The molecule has 0 bridgehead atoms.